The van der Waals surface area contributed by atoms with Gasteiger partial charge >= 0.3 is 6.03 Å². The summed E-state index contributed by atoms with van der Waals surface area (Å²) in [5, 5.41) is 35.0. The van der Waals surface area contributed by atoms with Crippen LogP contribution in [0.3, 0.4) is 0 Å². The number of nitrogens with one attached hydrogen (secondary N) is 4. The first-order valence-electron chi connectivity index (χ1n) is 16.7. The lowest BCUT2D eigenvalue weighted by atomic mass is 9.91. The molecule has 0 aromatic heterocycles. The molecule has 270 valence electrons. The van der Waals surface area contributed by atoms with Crippen LogP contribution >= 0.6 is 24.8 Å². The Morgan fingerprint density at radius 1 is 0.625 bits per heavy atom. The van der Waals surface area contributed by atoms with Crippen molar-refractivity contribution in [1.29, 1.82) is 0 Å². The van der Waals surface area contributed by atoms with Crippen LogP contribution in [0.4, 0.5) is 4.79 Å². The molecule has 48 heavy (non-hydrogen) atoms. The quantitative estimate of drug-likeness (QED) is 0.116. The predicted octanol–water partition coefficient (Wildman–Crippen LogP) is 2.52. The number of aliphatic hydroxyl groups excluding tert-OH is 2. The maximum absolute atomic E-state index is 14.5. The van der Waals surface area contributed by atoms with Crippen LogP contribution in [0.2, 0.25) is 0 Å². The van der Waals surface area contributed by atoms with E-state index in [4.69, 9.17) is 0 Å². The Hall–Kier alpha value is -2.93. The first kappa shape index (κ1) is 43.1. The molecule has 3 rings (SSSR count). The van der Waals surface area contributed by atoms with E-state index in [-0.39, 0.29) is 55.7 Å². The van der Waals surface area contributed by atoms with Gasteiger partial charge in [0.1, 0.15) is 12.2 Å². The van der Waals surface area contributed by atoms with E-state index in [9.17, 15) is 24.6 Å². The van der Waals surface area contributed by atoms with Gasteiger partial charge in [0.25, 0.3) is 0 Å². The number of hydrogen-bond donors (Lipinski definition) is 6. The highest BCUT2D eigenvalue weighted by Gasteiger charge is 2.45. The Morgan fingerprint density at radius 2 is 1.00 bits per heavy atom. The topological polar surface area (TPSA) is 146 Å². The molecule has 1 aliphatic rings. The molecule has 0 radical (unpaired) electrons. The van der Waals surface area contributed by atoms with Crippen LogP contribution in [-0.2, 0) is 22.4 Å². The van der Waals surface area contributed by atoms with Gasteiger partial charge in [-0.05, 0) is 76.6 Å². The number of aliphatic hydroxyl groups is 2. The number of carbonyl (C=O) groups excluding carboxylic acids is 3. The predicted molar refractivity (Wildman–Crippen MR) is 195 cm³/mol. The molecule has 1 fully saturated rings. The minimum atomic E-state index is -1.15. The van der Waals surface area contributed by atoms with Crippen molar-refractivity contribution < 1.29 is 24.6 Å². The van der Waals surface area contributed by atoms with Crippen molar-refractivity contribution in [2.24, 2.45) is 0 Å². The van der Waals surface area contributed by atoms with E-state index in [1.807, 2.05) is 60.7 Å². The van der Waals surface area contributed by atoms with Gasteiger partial charge in [-0.3, -0.25) is 9.59 Å². The number of hydrogen-bond acceptors (Lipinski definition) is 7. The van der Waals surface area contributed by atoms with Gasteiger partial charge in [-0.2, -0.15) is 0 Å². The summed E-state index contributed by atoms with van der Waals surface area (Å²) < 4.78 is 0. The first-order chi connectivity index (χ1) is 22.3. The standard InChI is InChI=1S/C35H54N6O5.2ClH/c1-36-25-31(42)38-19-11-5-13-21-40-29(23-27-15-7-3-8-16-27)33(44)34(45)30(24-28-17-9-4-10-18-28)41(35(40)46)22-14-6-12-20-39-32(43)26-37-2;;/h3-4,7-10,15-18,29-30,33-34,36-37,44-45H,5-6,11-14,19-26H2,1-2H3,(H,38,42)(H,39,43);2*1H/t29-,30-,33+,34+;;/m1../s1. The monoisotopic (exact) mass is 710 g/mol. The van der Waals surface area contributed by atoms with Crippen LogP contribution < -0.4 is 21.3 Å². The summed E-state index contributed by atoms with van der Waals surface area (Å²) in [6.07, 6.45) is 3.09. The molecular weight excluding hydrogens is 655 g/mol. The van der Waals surface area contributed by atoms with Crippen molar-refractivity contribution >= 4 is 42.7 Å². The number of nitrogens with zero attached hydrogens (tertiary/aromatic N) is 2. The van der Waals surface area contributed by atoms with E-state index < -0.39 is 24.3 Å². The third-order valence-electron chi connectivity index (χ3n) is 8.48. The van der Waals surface area contributed by atoms with Crippen LogP contribution in [0.1, 0.15) is 49.7 Å². The molecule has 0 saturated carbocycles. The fourth-order valence-electron chi connectivity index (χ4n) is 6.04. The summed E-state index contributed by atoms with van der Waals surface area (Å²) in [5.41, 5.74) is 1.97. The Labute approximate surface area is 298 Å². The zero-order valence-corrected chi connectivity index (χ0v) is 29.9. The van der Waals surface area contributed by atoms with E-state index >= 15 is 0 Å². The molecule has 4 amide bonds. The zero-order chi connectivity index (χ0) is 33.1. The number of likely N-dealkylation sites (N-methyl/N-ethyl adjacent to an activating group) is 2. The number of unbranched alkanes of at least 4 members (excludes halogenated alkanes) is 4. The van der Waals surface area contributed by atoms with E-state index in [0.717, 1.165) is 36.8 Å². The number of urea groups is 1. The Kier molecular flexibility index (Phi) is 21.8. The van der Waals surface area contributed by atoms with Gasteiger partial charge in [0.2, 0.25) is 11.8 Å². The summed E-state index contributed by atoms with van der Waals surface area (Å²) in [6, 6.07) is 18.2. The lowest BCUT2D eigenvalue weighted by molar-refractivity contribution is -0.121. The molecule has 0 unspecified atom stereocenters. The molecule has 1 heterocycles. The van der Waals surface area contributed by atoms with E-state index in [1.165, 1.54) is 0 Å². The van der Waals surface area contributed by atoms with Crippen LogP contribution in [0.15, 0.2) is 60.7 Å². The third-order valence-corrected chi connectivity index (χ3v) is 8.48. The minimum Gasteiger partial charge on any atom is -0.388 e. The molecule has 13 heteroatoms. The fourth-order valence-corrected chi connectivity index (χ4v) is 6.04. The van der Waals surface area contributed by atoms with Crippen LogP contribution in [0.25, 0.3) is 0 Å². The summed E-state index contributed by atoms with van der Waals surface area (Å²) in [4.78, 5) is 41.6. The van der Waals surface area contributed by atoms with Gasteiger partial charge in [0, 0.05) is 26.2 Å². The lowest BCUT2D eigenvalue weighted by Crippen LogP contribution is -2.51. The Bertz CT molecular complexity index is 1090. The highest BCUT2D eigenvalue weighted by atomic mass is 35.5. The molecule has 0 aliphatic carbocycles. The molecule has 2 aromatic carbocycles. The second-order valence-electron chi connectivity index (χ2n) is 12.0. The second-order valence-corrected chi connectivity index (χ2v) is 12.0. The SMILES string of the molecule is CNCC(=O)NCCCCCN1C(=O)N(CCCCCNC(=O)CNC)[C@H](Cc2ccccc2)[C@H](O)[C@@H](O)[C@H]1Cc1ccccc1.Cl.Cl. The molecule has 4 atom stereocenters. The normalized spacial score (nSPS) is 19.1. The highest BCUT2D eigenvalue weighted by Crippen LogP contribution is 2.28. The largest absolute Gasteiger partial charge is 0.388 e. The number of amides is 4. The van der Waals surface area contributed by atoms with Gasteiger partial charge in [-0.1, -0.05) is 60.7 Å². The molecule has 2 aromatic rings. The molecule has 1 aliphatic heterocycles. The number of rotatable bonds is 20. The summed E-state index contributed by atoms with van der Waals surface area (Å²) in [6.45, 7) is 2.52. The van der Waals surface area contributed by atoms with E-state index in [0.29, 0.717) is 51.9 Å². The number of carbonyl (C=O) groups is 3. The Morgan fingerprint density at radius 3 is 1.35 bits per heavy atom. The average Bonchev–Trinajstić information content (AvgIpc) is 3.12. The minimum absolute atomic E-state index is 0. The van der Waals surface area contributed by atoms with Crippen molar-refractivity contribution in [3.63, 3.8) is 0 Å². The molecule has 6 N–H and O–H groups in total. The van der Waals surface area contributed by atoms with Crippen LogP contribution in [0.5, 0.6) is 0 Å². The molecule has 11 nitrogen and oxygen atoms in total. The van der Waals surface area contributed by atoms with Gasteiger partial charge < -0.3 is 41.3 Å². The Balaban J connectivity index is 0.00000576. The van der Waals surface area contributed by atoms with Crippen LogP contribution in [-0.4, -0.2) is 116 Å². The third kappa shape index (κ3) is 14.3. The number of halogens is 2. The maximum Gasteiger partial charge on any atom is 0.320 e. The van der Waals surface area contributed by atoms with Gasteiger partial charge in [-0.15, -0.1) is 24.8 Å². The van der Waals surface area contributed by atoms with Crippen molar-refractivity contribution in [3.05, 3.63) is 71.8 Å². The van der Waals surface area contributed by atoms with Crippen LogP contribution in [0, 0.1) is 0 Å². The molecular formula is C35H56Cl2N6O5. The molecule has 0 bridgehead atoms. The smallest absolute Gasteiger partial charge is 0.320 e. The molecule has 1 saturated heterocycles. The van der Waals surface area contributed by atoms with Gasteiger partial charge in [-0.25, -0.2) is 4.79 Å². The average molecular weight is 712 g/mol. The molecule has 0 spiro atoms. The van der Waals surface area contributed by atoms with Crippen molar-refractivity contribution in [2.75, 3.05) is 53.4 Å². The lowest BCUT2D eigenvalue weighted by Gasteiger charge is -2.36. The summed E-state index contributed by atoms with van der Waals surface area (Å²) in [5.74, 6) is -0.101. The van der Waals surface area contributed by atoms with Crippen molar-refractivity contribution in [3.8, 4) is 0 Å². The maximum atomic E-state index is 14.5. The zero-order valence-electron chi connectivity index (χ0n) is 28.3. The van der Waals surface area contributed by atoms with Gasteiger partial charge in [0.15, 0.2) is 0 Å². The fraction of sp³-hybridized carbons (Fsp3) is 0.571. The van der Waals surface area contributed by atoms with Gasteiger partial charge in [0.05, 0.1) is 25.2 Å². The van der Waals surface area contributed by atoms with E-state index in [1.54, 1.807) is 23.9 Å². The second kappa shape index (κ2) is 24.2. The van der Waals surface area contributed by atoms with E-state index in [2.05, 4.69) is 21.3 Å². The summed E-state index contributed by atoms with van der Waals surface area (Å²) >= 11 is 0. The summed E-state index contributed by atoms with van der Waals surface area (Å²) in [7, 11) is 3.46. The van der Waals surface area contributed by atoms with Crippen molar-refractivity contribution in [1.82, 2.24) is 31.1 Å². The highest BCUT2D eigenvalue weighted by molar-refractivity contribution is 5.85. The van der Waals surface area contributed by atoms with Crippen molar-refractivity contribution in [2.45, 2.75) is 75.7 Å². The number of benzene rings is 2. The first-order valence-corrected chi connectivity index (χ1v) is 16.7.